The zero-order chi connectivity index (χ0) is 4.28. The number of thiol groups is 1. The van der Waals surface area contributed by atoms with Crippen LogP contribution in [0.25, 0.3) is 0 Å². The van der Waals surface area contributed by atoms with Crippen molar-refractivity contribution in [3.05, 3.63) is 0 Å². The topological polar surface area (TPSA) is 0 Å². The molecule has 0 fully saturated rings. The average Bonchev–Trinajstić information content (AvgIpc) is 1.38. The summed E-state index contributed by atoms with van der Waals surface area (Å²) in [5, 5.41) is 0. The van der Waals surface area contributed by atoms with Crippen molar-refractivity contribution in [3.63, 3.8) is 0 Å². The van der Waals surface area contributed by atoms with E-state index >= 15 is 0 Å². The molecule has 0 nitrogen and oxygen atoms in total. The van der Waals surface area contributed by atoms with Gasteiger partial charge in [0.25, 0.3) is 0 Å². The van der Waals surface area contributed by atoms with Gasteiger partial charge in [0.1, 0.15) is 0 Å². The van der Waals surface area contributed by atoms with Crippen LogP contribution in [0, 0.1) is 0 Å². The van der Waals surface area contributed by atoms with E-state index < -0.39 is 0 Å². The van der Waals surface area contributed by atoms with E-state index in [4.69, 9.17) is 0 Å². The van der Waals surface area contributed by atoms with E-state index in [-0.39, 0.29) is 5.43 Å². The molecule has 1 unspecified atom stereocenters. The Bertz CT molecular complexity index is 69.5. The molecule has 0 radical (unpaired) electrons. The average molecular weight is 142 g/mol. The van der Waals surface area contributed by atoms with Crippen LogP contribution < -0.4 is 0 Å². The van der Waals surface area contributed by atoms with Crippen LogP contribution >= 0.6 is 37.4 Å². The molecule has 4 heteroatoms. The molecule has 0 amide bonds. The first kappa shape index (κ1) is 6.43. The predicted molar refractivity (Wildman–Crippen MR) is 36.3 cm³/mol. The van der Waals surface area contributed by atoms with Gasteiger partial charge in [0.15, 0.2) is 0 Å². The Labute approximate surface area is 44.1 Å². The van der Waals surface area contributed by atoms with Crippen LogP contribution in [0.1, 0.15) is 0 Å². The molecule has 0 saturated heterocycles. The summed E-state index contributed by atoms with van der Waals surface area (Å²) in [5.41, 5.74) is -0.293. The van der Waals surface area contributed by atoms with Crippen LogP contribution in [0.2, 0.25) is 0 Å². The minimum atomic E-state index is -0.293. The van der Waals surface area contributed by atoms with Crippen molar-refractivity contribution in [2.75, 3.05) is 6.26 Å². The Hall–Kier alpha value is 1.43. The summed E-state index contributed by atoms with van der Waals surface area (Å²) in [6, 6.07) is 0. The van der Waals surface area contributed by atoms with Crippen LogP contribution in [-0.2, 0) is 0 Å². The minimum absolute atomic E-state index is 0.293. The Morgan fingerprint density at radius 2 is 2.20 bits per heavy atom. The third-order valence-electron chi connectivity index (χ3n) is 0.163. The quantitative estimate of drug-likeness (QED) is 0.400. The van der Waals surface area contributed by atoms with E-state index in [1.807, 2.05) is 6.26 Å². The van der Waals surface area contributed by atoms with Crippen molar-refractivity contribution in [3.8, 4) is 0 Å². The van der Waals surface area contributed by atoms with Crippen LogP contribution in [0.4, 0.5) is 0 Å². The molecule has 0 aliphatic carbocycles. The molecule has 0 spiro atoms. The van der Waals surface area contributed by atoms with Crippen molar-refractivity contribution in [1.82, 2.24) is 0 Å². The molecule has 0 aromatic rings. The summed E-state index contributed by atoms with van der Waals surface area (Å²) in [7, 11) is 3.99. The third kappa shape index (κ3) is 5.43. The van der Waals surface area contributed by atoms with Crippen molar-refractivity contribution in [2.45, 2.75) is 0 Å². The Morgan fingerprint density at radius 3 is 2.20 bits per heavy atom. The van der Waals surface area contributed by atoms with Gasteiger partial charge >= 0.3 is 43.7 Å². The maximum atomic E-state index is 3.99. The fraction of sp³-hybridized carbons (Fsp3) is 1.00. The van der Waals surface area contributed by atoms with Gasteiger partial charge < -0.3 is 0 Å². The summed E-state index contributed by atoms with van der Waals surface area (Å²) in [4.78, 5) is 0. The van der Waals surface area contributed by atoms with Gasteiger partial charge in [0.05, 0.1) is 0 Å². The molecular formula is CH4P2S2. The fourth-order valence-corrected chi connectivity index (χ4v) is 0. The van der Waals surface area contributed by atoms with E-state index in [9.17, 15) is 0 Å². The molecule has 1 atom stereocenters. The molecule has 0 heterocycles. The van der Waals surface area contributed by atoms with E-state index in [0.717, 1.165) is 0 Å². The van der Waals surface area contributed by atoms with E-state index in [1.165, 1.54) is 0 Å². The summed E-state index contributed by atoms with van der Waals surface area (Å²) in [5.74, 6) is 0. The summed E-state index contributed by atoms with van der Waals surface area (Å²) in [6.45, 7) is 0. The third-order valence-corrected chi connectivity index (χ3v) is 4.41. The van der Waals surface area contributed by atoms with E-state index in [1.54, 1.807) is 11.4 Å². The first-order chi connectivity index (χ1) is 2.27. The molecule has 0 saturated carbocycles. The van der Waals surface area contributed by atoms with Crippen molar-refractivity contribution < 1.29 is 0 Å². The molecule has 0 aliphatic heterocycles. The maximum absolute atomic E-state index is 3.99. The van der Waals surface area contributed by atoms with Gasteiger partial charge in [0, 0.05) is 0 Å². The predicted octanol–water partition coefficient (Wildman–Crippen LogP) is 2.92. The van der Waals surface area contributed by atoms with Crippen molar-refractivity contribution >= 4 is 37.4 Å². The van der Waals surface area contributed by atoms with Gasteiger partial charge in [-0.1, -0.05) is 0 Å². The van der Waals surface area contributed by atoms with E-state index in [2.05, 4.69) is 20.6 Å². The molecule has 0 aromatic heterocycles. The van der Waals surface area contributed by atoms with Gasteiger partial charge in [-0.25, -0.2) is 0 Å². The van der Waals surface area contributed by atoms with Crippen molar-refractivity contribution in [1.29, 1.82) is 0 Å². The Morgan fingerprint density at radius 1 is 2.00 bits per heavy atom. The number of hydrogen-bond acceptors (Lipinski definition) is 2. The molecule has 0 bridgehead atoms. The Kier molecular flexibility index (Phi) is 4.65. The molecule has 30 valence electrons. The molecule has 0 N–H and O–H groups in total. The standard InChI is InChI=1S/CH4P2S2/c1-5-3(2)4/h4H,1H3. The summed E-state index contributed by atoms with van der Waals surface area (Å²) in [6.07, 6.45) is 1.99. The van der Waals surface area contributed by atoms with Gasteiger partial charge in [-0.2, -0.15) is 0 Å². The zero-order valence-corrected chi connectivity index (χ0v) is 6.25. The monoisotopic (exact) mass is 142 g/mol. The molecule has 0 rings (SSSR count). The second-order valence-corrected chi connectivity index (χ2v) is 8.47. The summed E-state index contributed by atoms with van der Waals surface area (Å²) >= 11 is 5.66. The van der Waals surface area contributed by atoms with Crippen LogP contribution in [-0.4, -0.2) is 6.26 Å². The first-order valence-electron chi connectivity index (χ1n) is 0.991. The van der Waals surface area contributed by atoms with Crippen molar-refractivity contribution in [2.24, 2.45) is 0 Å². The van der Waals surface area contributed by atoms with Crippen LogP contribution in [0.3, 0.4) is 0 Å². The van der Waals surface area contributed by atoms with Crippen LogP contribution in [0.5, 0.6) is 0 Å². The van der Waals surface area contributed by atoms with E-state index in [0.29, 0.717) is 0 Å². The number of rotatable bonds is 0. The molecular weight excluding hydrogens is 138 g/mol. The SMILES string of the molecule is CSP(#P)S. The Balaban J connectivity index is 2.97. The second kappa shape index (κ2) is 3.61. The molecule has 0 aromatic carbocycles. The van der Waals surface area contributed by atoms with Gasteiger partial charge in [-0.05, 0) is 0 Å². The fourth-order valence-electron chi connectivity index (χ4n) is 0. The zero-order valence-electron chi connectivity index (χ0n) is 2.75. The summed E-state index contributed by atoms with van der Waals surface area (Å²) < 4.78 is 0. The van der Waals surface area contributed by atoms with Crippen LogP contribution in [0.15, 0.2) is 0 Å². The first-order valence-corrected chi connectivity index (χ1v) is 6.47. The van der Waals surface area contributed by atoms with Gasteiger partial charge in [0.2, 0.25) is 0 Å². The molecule has 5 heavy (non-hydrogen) atoms. The molecule has 0 aliphatic rings. The number of hydrogen-bond donors (Lipinski definition) is 1. The van der Waals surface area contributed by atoms with Gasteiger partial charge in [-0.15, -0.1) is 0 Å². The second-order valence-electron chi connectivity index (χ2n) is 0.435. The van der Waals surface area contributed by atoms with Gasteiger partial charge in [-0.3, -0.25) is 0 Å². The normalized spacial score (nSPS) is 11.0.